The normalized spacial score (nSPS) is 12.3. The summed E-state index contributed by atoms with van der Waals surface area (Å²) in [7, 11) is 0. The van der Waals surface area contributed by atoms with Gasteiger partial charge in [-0.1, -0.05) is 33.1 Å². The zero-order valence-corrected chi connectivity index (χ0v) is 11.8. The number of carbonyl (C=O) groups excluding carboxylic acids is 3. The lowest BCUT2D eigenvalue weighted by atomic mass is 9.99. The van der Waals surface area contributed by atoms with Crippen molar-refractivity contribution in [3.8, 4) is 0 Å². The van der Waals surface area contributed by atoms with Gasteiger partial charge < -0.3 is 4.74 Å². The van der Waals surface area contributed by atoms with Crippen molar-refractivity contribution in [2.45, 2.75) is 53.4 Å². The van der Waals surface area contributed by atoms with Gasteiger partial charge in [0.05, 0.1) is 6.61 Å². The van der Waals surface area contributed by atoms with Crippen LogP contribution in [0.2, 0.25) is 0 Å². The number of esters is 1. The third kappa shape index (κ3) is 5.94. The van der Waals surface area contributed by atoms with E-state index in [1.54, 1.807) is 0 Å². The molecule has 18 heavy (non-hydrogen) atoms. The quantitative estimate of drug-likeness (QED) is 0.470. The first-order valence-electron chi connectivity index (χ1n) is 6.61. The van der Waals surface area contributed by atoms with Gasteiger partial charge in [-0.25, -0.2) is 0 Å². The van der Waals surface area contributed by atoms with Gasteiger partial charge in [-0.3, -0.25) is 14.4 Å². The molecule has 0 aromatic heterocycles. The van der Waals surface area contributed by atoms with Crippen LogP contribution in [-0.4, -0.2) is 24.1 Å². The Bertz CT molecular complexity index is 282. The number of unbranched alkanes of at least 4 members (excludes halogenated alkanes) is 1. The molecule has 0 heterocycles. The lowest BCUT2D eigenvalue weighted by Gasteiger charge is -2.16. The minimum Gasteiger partial charge on any atom is -0.465 e. The number of ether oxygens (including phenoxy) is 1. The van der Waals surface area contributed by atoms with Gasteiger partial charge >= 0.3 is 5.97 Å². The summed E-state index contributed by atoms with van der Waals surface area (Å²) in [5.74, 6) is -2.53. The number of hydrogen-bond acceptors (Lipinski definition) is 4. The van der Waals surface area contributed by atoms with Gasteiger partial charge in [0, 0.05) is 0 Å². The van der Waals surface area contributed by atoms with Crippen molar-refractivity contribution in [1.82, 2.24) is 0 Å². The van der Waals surface area contributed by atoms with Crippen LogP contribution >= 0.6 is 0 Å². The van der Waals surface area contributed by atoms with Crippen LogP contribution in [0.5, 0.6) is 0 Å². The highest BCUT2D eigenvalue weighted by atomic mass is 16.5. The molecule has 0 fully saturated rings. The van der Waals surface area contributed by atoms with Gasteiger partial charge in [-0.15, -0.1) is 0 Å². The molecule has 0 aromatic rings. The molecule has 0 saturated heterocycles. The van der Waals surface area contributed by atoms with Crippen LogP contribution in [-0.2, 0) is 19.1 Å². The molecule has 0 rings (SSSR count). The maximum Gasteiger partial charge on any atom is 0.324 e. The lowest BCUT2D eigenvalue weighted by molar-refractivity contribution is -0.155. The summed E-state index contributed by atoms with van der Waals surface area (Å²) < 4.78 is 5.10. The average molecular weight is 256 g/mol. The van der Waals surface area contributed by atoms with Crippen molar-refractivity contribution in [1.29, 1.82) is 0 Å². The highest BCUT2D eigenvalue weighted by molar-refractivity contribution is 6.15. The molecule has 0 aliphatic heterocycles. The Morgan fingerprint density at radius 1 is 1.06 bits per heavy atom. The molecule has 0 aromatic carbocycles. The fourth-order valence-corrected chi connectivity index (χ4v) is 1.80. The van der Waals surface area contributed by atoms with E-state index in [4.69, 9.17) is 4.74 Å². The third-order valence-electron chi connectivity index (χ3n) is 3.05. The fourth-order valence-electron chi connectivity index (χ4n) is 1.80. The van der Waals surface area contributed by atoms with Gasteiger partial charge in [0.2, 0.25) is 0 Å². The molecule has 104 valence electrons. The molecular weight excluding hydrogens is 232 g/mol. The molecule has 0 aliphatic carbocycles. The van der Waals surface area contributed by atoms with Crippen molar-refractivity contribution in [3.63, 3.8) is 0 Å². The monoisotopic (exact) mass is 256 g/mol. The predicted octanol–water partition coefficient (Wildman–Crippen LogP) is 2.54. The van der Waals surface area contributed by atoms with Crippen LogP contribution in [0, 0.1) is 11.8 Å². The summed E-state index contributed by atoms with van der Waals surface area (Å²) in [6.45, 7) is 6.93. The number of carbonyl (C=O) groups is 3. The summed E-state index contributed by atoms with van der Waals surface area (Å²) in [5, 5.41) is 0. The predicted molar refractivity (Wildman–Crippen MR) is 69.1 cm³/mol. The topological polar surface area (TPSA) is 60.4 Å². The number of hydrogen-bond donors (Lipinski definition) is 0. The second-order valence-corrected chi connectivity index (χ2v) is 4.70. The molecule has 0 amide bonds. The second kappa shape index (κ2) is 8.84. The van der Waals surface area contributed by atoms with Gasteiger partial charge in [0.15, 0.2) is 17.5 Å². The molecule has 0 radical (unpaired) electrons. The summed E-state index contributed by atoms with van der Waals surface area (Å²) >= 11 is 0. The molecule has 0 bridgehead atoms. The Labute approximate surface area is 109 Å². The number of Topliss-reactive ketones (excluding diaryl/α,β-unsaturated/α-hetero) is 2. The lowest BCUT2D eigenvalue weighted by Crippen LogP contribution is -2.31. The molecule has 0 aliphatic rings. The molecule has 0 spiro atoms. The number of rotatable bonds is 9. The van der Waals surface area contributed by atoms with E-state index in [9.17, 15) is 14.4 Å². The second-order valence-electron chi connectivity index (χ2n) is 4.70. The van der Waals surface area contributed by atoms with Crippen LogP contribution in [0.25, 0.3) is 0 Å². The minimum atomic E-state index is -1.24. The summed E-state index contributed by atoms with van der Waals surface area (Å²) in [6.07, 6.45) is 4.13. The maximum absolute atomic E-state index is 11.7. The van der Waals surface area contributed by atoms with Crippen LogP contribution in [0.15, 0.2) is 0 Å². The van der Waals surface area contributed by atoms with E-state index < -0.39 is 23.5 Å². The van der Waals surface area contributed by atoms with E-state index in [0.29, 0.717) is 12.5 Å². The van der Waals surface area contributed by atoms with Crippen molar-refractivity contribution in [3.05, 3.63) is 0 Å². The fraction of sp³-hybridized carbons (Fsp3) is 0.786. The number of ketones is 2. The molecular formula is C14H24O4. The SMILES string of the molecule is CCCCC(CC)COC(=O)C(C(C)=O)C(C)=O. The highest BCUT2D eigenvalue weighted by Crippen LogP contribution is 2.14. The molecule has 1 atom stereocenters. The van der Waals surface area contributed by atoms with Crippen LogP contribution in [0.4, 0.5) is 0 Å². The summed E-state index contributed by atoms with van der Waals surface area (Å²) in [4.78, 5) is 34.0. The molecule has 4 nitrogen and oxygen atoms in total. The third-order valence-corrected chi connectivity index (χ3v) is 3.05. The first kappa shape index (κ1) is 16.8. The first-order chi connectivity index (χ1) is 8.43. The van der Waals surface area contributed by atoms with Crippen molar-refractivity contribution in [2.75, 3.05) is 6.61 Å². The highest BCUT2D eigenvalue weighted by Gasteiger charge is 2.29. The van der Waals surface area contributed by atoms with E-state index >= 15 is 0 Å². The van der Waals surface area contributed by atoms with Gasteiger partial charge in [0.1, 0.15) is 0 Å². The van der Waals surface area contributed by atoms with Gasteiger partial charge in [0.25, 0.3) is 0 Å². The zero-order valence-electron chi connectivity index (χ0n) is 11.8. The van der Waals surface area contributed by atoms with Crippen LogP contribution in [0.1, 0.15) is 53.4 Å². The Morgan fingerprint density at radius 3 is 2.00 bits per heavy atom. The minimum absolute atomic E-state index is 0.298. The van der Waals surface area contributed by atoms with E-state index in [2.05, 4.69) is 6.92 Å². The smallest absolute Gasteiger partial charge is 0.324 e. The summed E-state index contributed by atoms with van der Waals surface area (Å²) in [5.41, 5.74) is 0. The van der Waals surface area contributed by atoms with E-state index in [1.807, 2.05) is 6.92 Å². The average Bonchev–Trinajstić information content (AvgIpc) is 2.28. The largest absolute Gasteiger partial charge is 0.465 e. The Morgan fingerprint density at radius 2 is 1.61 bits per heavy atom. The molecule has 1 unspecified atom stereocenters. The summed E-state index contributed by atoms with van der Waals surface area (Å²) in [6, 6.07) is 0. The molecule has 4 heteroatoms. The maximum atomic E-state index is 11.7. The zero-order chi connectivity index (χ0) is 14.1. The van der Waals surface area contributed by atoms with Crippen LogP contribution in [0.3, 0.4) is 0 Å². The Hall–Kier alpha value is -1.19. The van der Waals surface area contributed by atoms with E-state index in [-0.39, 0.29) is 0 Å². The standard InChI is InChI=1S/C14H24O4/c1-5-7-8-12(6-2)9-18-14(17)13(10(3)15)11(4)16/h12-13H,5-9H2,1-4H3. The van der Waals surface area contributed by atoms with Gasteiger partial charge in [-0.05, 0) is 26.2 Å². The Balaban J connectivity index is 4.28. The van der Waals surface area contributed by atoms with E-state index in [0.717, 1.165) is 25.7 Å². The van der Waals surface area contributed by atoms with Crippen molar-refractivity contribution < 1.29 is 19.1 Å². The van der Waals surface area contributed by atoms with Crippen molar-refractivity contribution in [2.24, 2.45) is 11.8 Å². The van der Waals surface area contributed by atoms with Crippen molar-refractivity contribution >= 4 is 17.5 Å². The Kier molecular flexibility index (Phi) is 8.25. The van der Waals surface area contributed by atoms with Crippen LogP contribution < -0.4 is 0 Å². The van der Waals surface area contributed by atoms with Gasteiger partial charge in [-0.2, -0.15) is 0 Å². The molecule has 0 saturated carbocycles. The first-order valence-corrected chi connectivity index (χ1v) is 6.61. The molecule has 0 N–H and O–H groups in total. The van der Waals surface area contributed by atoms with E-state index in [1.165, 1.54) is 13.8 Å².